The number of methoxy groups -OCH3 is 1. The van der Waals surface area contributed by atoms with Gasteiger partial charge in [0.2, 0.25) is 0 Å². The molecule has 2 heterocycles. The first-order valence-electron chi connectivity index (χ1n) is 11.9. The number of hydrogen-bond donors (Lipinski definition) is 2. The number of nitrogens with zero attached hydrogens (tertiary/aromatic N) is 3. The van der Waals surface area contributed by atoms with Crippen LogP contribution in [0, 0.1) is 6.92 Å². The average Bonchev–Trinajstić information content (AvgIpc) is 2.91. The Morgan fingerprint density at radius 2 is 1.70 bits per heavy atom. The number of aromatic nitrogens is 3. The van der Waals surface area contributed by atoms with Gasteiger partial charge in [-0.05, 0) is 31.0 Å². The van der Waals surface area contributed by atoms with E-state index in [9.17, 15) is 14.4 Å². The molecule has 0 saturated carbocycles. The highest BCUT2D eigenvalue weighted by Crippen LogP contribution is 2.24. The molecule has 4 aromatic rings. The molecule has 0 saturated heterocycles. The van der Waals surface area contributed by atoms with Crippen LogP contribution < -0.4 is 21.9 Å². The Kier molecular flexibility index (Phi) is 7.95. The molecule has 1 amide bonds. The van der Waals surface area contributed by atoms with E-state index in [0.717, 1.165) is 16.8 Å². The third kappa shape index (κ3) is 5.68. The third-order valence-corrected chi connectivity index (χ3v) is 6.03. The first-order valence-corrected chi connectivity index (χ1v) is 11.9. The van der Waals surface area contributed by atoms with Crippen LogP contribution in [0.2, 0.25) is 0 Å². The maximum Gasteiger partial charge on any atom is 0.330 e. The standard InChI is InChI=1S/C28H29N5O4/c1-19-22(14-15-23(30-19)21-12-7-4-8-13-21)27(35)32(16-9-17-37-2)24-25(29)33(28(36)31-26(24)34)18-20-10-5-3-6-11-20/h3-8,10-15H,9,16-18,29H2,1-2H3,(H,31,34,36). The molecular formula is C28H29N5O4. The van der Waals surface area contributed by atoms with Gasteiger partial charge in [0, 0.05) is 25.8 Å². The zero-order valence-electron chi connectivity index (χ0n) is 20.8. The fraction of sp³-hybridized carbons (Fsp3) is 0.214. The van der Waals surface area contributed by atoms with Crippen molar-refractivity contribution in [3.05, 3.63) is 110 Å². The van der Waals surface area contributed by atoms with E-state index >= 15 is 0 Å². The van der Waals surface area contributed by atoms with Gasteiger partial charge in [0.15, 0.2) is 5.69 Å². The third-order valence-electron chi connectivity index (χ3n) is 6.03. The number of hydrogen-bond acceptors (Lipinski definition) is 6. The summed E-state index contributed by atoms with van der Waals surface area (Å²) in [5, 5.41) is 0. The van der Waals surface area contributed by atoms with Gasteiger partial charge in [0.25, 0.3) is 11.5 Å². The number of nitrogen functional groups attached to an aromatic ring is 1. The highest BCUT2D eigenvalue weighted by atomic mass is 16.5. The van der Waals surface area contributed by atoms with E-state index in [-0.39, 0.29) is 24.6 Å². The van der Waals surface area contributed by atoms with Crippen molar-refractivity contribution < 1.29 is 9.53 Å². The second-order valence-corrected chi connectivity index (χ2v) is 8.56. The normalized spacial score (nSPS) is 10.9. The van der Waals surface area contributed by atoms with Gasteiger partial charge in [0.1, 0.15) is 5.82 Å². The van der Waals surface area contributed by atoms with Crippen molar-refractivity contribution in [3.63, 3.8) is 0 Å². The monoisotopic (exact) mass is 499 g/mol. The van der Waals surface area contributed by atoms with Gasteiger partial charge < -0.3 is 15.4 Å². The Labute approximate surface area is 214 Å². The van der Waals surface area contributed by atoms with Crippen molar-refractivity contribution in [3.8, 4) is 11.3 Å². The van der Waals surface area contributed by atoms with Crippen LogP contribution in [0.25, 0.3) is 11.3 Å². The van der Waals surface area contributed by atoms with E-state index < -0.39 is 17.2 Å². The Morgan fingerprint density at radius 3 is 2.35 bits per heavy atom. The number of carbonyl (C=O) groups excluding carboxylic acids is 1. The molecule has 2 aromatic carbocycles. The molecule has 37 heavy (non-hydrogen) atoms. The summed E-state index contributed by atoms with van der Waals surface area (Å²) in [4.78, 5) is 47.7. The van der Waals surface area contributed by atoms with Gasteiger partial charge in [-0.15, -0.1) is 0 Å². The van der Waals surface area contributed by atoms with E-state index in [2.05, 4.69) is 9.97 Å². The van der Waals surface area contributed by atoms with Crippen LogP contribution in [0.1, 0.15) is 28.0 Å². The van der Waals surface area contributed by atoms with Crippen LogP contribution in [0.15, 0.2) is 82.4 Å². The topological polar surface area (TPSA) is 123 Å². The van der Waals surface area contributed by atoms with Gasteiger partial charge in [-0.1, -0.05) is 60.7 Å². The fourth-order valence-corrected chi connectivity index (χ4v) is 4.15. The quantitative estimate of drug-likeness (QED) is 0.341. The number of amides is 1. The summed E-state index contributed by atoms with van der Waals surface area (Å²) in [5.41, 5.74) is 8.25. The van der Waals surface area contributed by atoms with Crippen molar-refractivity contribution in [2.45, 2.75) is 19.9 Å². The molecule has 9 heteroatoms. The van der Waals surface area contributed by atoms with Gasteiger partial charge >= 0.3 is 5.69 Å². The maximum absolute atomic E-state index is 13.8. The molecule has 2 aromatic heterocycles. The van der Waals surface area contributed by atoms with Gasteiger partial charge in [-0.2, -0.15) is 0 Å². The van der Waals surface area contributed by atoms with Gasteiger partial charge in [-0.3, -0.25) is 24.1 Å². The van der Waals surface area contributed by atoms with Crippen LogP contribution in [0.4, 0.5) is 11.5 Å². The molecule has 3 N–H and O–H groups in total. The summed E-state index contributed by atoms with van der Waals surface area (Å²) in [7, 11) is 1.56. The molecular weight excluding hydrogens is 470 g/mol. The SMILES string of the molecule is COCCCN(C(=O)c1ccc(-c2ccccc2)nc1C)c1c(N)n(Cc2ccccc2)c(=O)[nH]c1=O. The van der Waals surface area contributed by atoms with Crippen molar-refractivity contribution in [1.82, 2.24) is 14.5 Å². The van der Waals surface area contributed by atoms with Crippen LogP contribution in [0.3, 0.4) is 0 Å². The molecule has 0 unspecified atom stereocenters. The van der Waals surface area contributed by atoms with Crippen molar-refractivity contribution in [1.29, 1.82) is 0 Å². The van der Waals surface area contributed by atoms with Crippen LogP contribution in [-0.4, -0.2) is 40.7 Å². The number of rotatable bonds is 9. The Bertz CT molecular complexity index is 1500. The molecule has 0 radical (unpaired) electrons. The van der Waals surface area contributed by atoms with Gasteiger partial charge in [0.05, 0.1) is 23.5 Å². The first-order chi connectivity index (χ1) is 17.9. The number of nitrogens with two attached hydrogens (primary N) is 1. The van der Waals surface area contributed by atoms with E-state index in [1.165, 1.54) is 9.47 Å². The number of carbonyl (C=O) groups is 1. The average molecular weight is 500 g/mol. The van der Waals surface area contributed by atoms with Crippen molar-refractivity contribution in [2.75, 3.05) is 30.9 Å². The molecule has 0 fully saturated rings. The van der Waals surface area contributed by atoms with Crippen LogP contribution in [-0.2, 0) is 11.3 Å². The minimum atomic E-state index is -0.732. The molecule has 0 bridgehead atoms. The maximum atomic E-state index is 13.8. The molecule has 0 atom stereocenters. The van der Waals surface area contributed by atoms with Crippen molar-refractivity contribution in [2.24, 2.45) is 0 Å². The number of aryl methyl sites for hydroxylation is 1. The van der Waals surface area contributed by atoms with Crippen LogP contribution >= 0.6 is 0 Å². The molecule has 190 valence electrons. The molecule has 4 rings (SSSR count). The summed E-state index contributed by atoms with van der Waals surface area (Å²) < 4.78 is 6.42. The number of nitrogens with one attached hydrogen (secondary N) is 1. The highest BCUT2D eigenvalue weighted by Gasteiger charge is 2.26. The van der Waals surface area contributed by atoms with Gasteiger partial charge in [-0.25, -0.2) is 4.79 Å². The zero-order valence-corrected chi connectivity index (χ0v) is 20.8. The zero-order chi connectivity index (χ0) is 26.4. The Morgan fingerprint density at radius 1 is 1.03 bits per heavy atom. The lowest BCUT2D eigenvalue weighted by Gasteiger charge is -2.25. The van der Waals surface area contributed by atoms with Crippen LogP contribution in [0.5, 0.6) is 0 Å². The Balaban J connectivity index is 1.76. The Hall–Kier alpha value is -4.50. The molecule has 9 nitrogen and oxygen atoms in total. The largest absolute Gasteiger partial charge is 0.385 e. The van der Waals surface area contributed by atoms with E-state index in [1.807, 2.05) is 60.7 Å². The summed E-state index contributed by atoms with van der Waals surface area (Å²) in [5.74, 6) is -0.530. The fourth-order valence-electron chi connectivity index (χ4n) is 4.15. The van der Waals surface area contributed by atoms with E-state index in [1.54, 1.807) is 26.2 Å². The number of ether oxygens (including phenoxy) is 1. The smallest absolute Gasteiger partial charge is 0.330 e. The summed E-state index contributed by atoms with van der Waals surface area (Å²) in [6.07, 6.45) is 0.452. The molecule has 0 aliphatic rings. The number of H-pyrrole nitrogens is 1. The second-order valence-electron chi connectivity index (χ2n) is 8.56. The number of anilines is 2. The number of benzene rings is 2. The lowest BCUT2D eigenvalue weighted by Crippen LogP contribution is -2.42. The molecule has 0 aliphatic carbocycles. The first kappa shape index (κ1) is 25.6. The number of pyridine rings is 1. The minimum Gasteiger partial charge on any atom is -0.385 e. The van der Waals surface area contributed by atoms with E-state index in [0.29, 0.717) is 24.3 Å². The summed E-state index contributed by atoms with van der Waals surface area (Å²) >= 11 is 0. The van der Waals surface area contributed by atoms with Crippen molar-refractivity contribution >= 4 is 17.4 Å². The predicted octanol–water partition coefficient (Wildman–Crippen LogP) is 3.22. The van der Waals surface area contributed by atoms with E-state index in [4.69, 9.17) is 10.5 Å². The lowest BCUT2D eigenvalue weighted by molar-refractivity contribution is 0.0982. The molecule has 0 spiro atoms. The summed E-state index contributed by atoms with van der Waals surface area (Å²) in [6.45, 7) is 2.41. The highest BCUT2D eigenvalue weighted by molar-refractivity contribution is 6.08. The second kappa shape index (κ2) is 11.5. The summed E-state index contributed by atoms with van der Waals surface area (Å²) in [6, 6.07) is 22.4. The lowest BCUT2D eigenvalue weighted by atomic mass is 10.1. The number of aromatic amines is 1. The minimum absolute atomic E-state index is 0.0804. The molecule has 0 aliphatic heterocycles. The predicted molar refractivity (Wildman–Crippen MR) is 144 cm³/mol.